The molecule has 2 unspecified atom stereocenters. The highest BCUT2D eigenvalue weighted by Crippen LogP contribution is 2.65. The van der Waals surface area contributed by atoms with Crippen LogP contribution in [-0.4, -0.2) is 41.9 Å². The minimum absolute atomic E-state index is 0.240. The van der Waals surface area contributed by atoms with Crippen LogP contribution in [0.2, 0.25) is 0 Å². The first-order valence-electron chi connectivity index (χ1n) is 8.30. The zero-order valence-electron chi connectivity index (χ0n) is 12.6. The van der Waals surface area contributed by atoms with Crippen molar-refractivity contribution in [2.24, 2.45) is 11.3 Å². The zero-order valence-corrected chi connectivity index (χ0v) is 12.6. The van der Waals surface area contributed by atoms with Crippen molar-refractivity contribution in [3.63, 3.8) is 0 Å². The lowest BCUT2D eigenvalue weighted by molar-refractivity contribution is -0.296. The molecular weight excluding hydrogens is 268 g/mol. The average Bonchev–Trinajstić information content (AvgIpc) is 3.03. The van der Waals surface area contributed by atoms with Gasteiger partial charge in [0, 0.05) is 25.4 Å². The van der Waals surface area contributed by atoms with Crippen LogP contribution in [0.15, 0.2) is 0 Å². The van der Waals surface area contributed by atoms with Crippen molar-refractivity contribution < 1.29 is 19.7 Å². The fourth-order valence-electron chi connectivity index (χ4n) is 4.22. The van der Waals surface area contributed by atoms with E-state index in [-0.39, 0.29) is 24.0 Å². The van der Waals surface area contributed by atoms with Gasteiger partial charge in [0.25, 0.3) is 0 Å². The molecule has 0 aromatic carbocycles. The number of unbranched alkanes of at least 4 members (excludes halogenated alkanes) is 4. The number of rotatable bonds is 5. The van der Waals surface area contributed by atoms with Gasteiger partial charge in [-0.05, 0) is 25.7 Å². The van der Waals surface area contributed by atoms with E-state index in [0.717, 1.165) is 51.4 Å². The third-order valence-corrected chi connectivity index (χ3v) is 5.32. The van der Waals surface area contributed by atoms with Crippen LogP contribution in [-0.2, 0) is 9.47 Å². The molecule has 0 amide bonds. The summed E-state index contributed by atoms with van der Waals surface area (Å²) < 4.78 is 11.6. The Morgan fingerprint density at radius 1 is 1.05 bits per heavy atom. The molecule has 0 aromatic rings. The van der Waals surface area contributed by atoms with E-state index in [1.807, 2.05) is 0 Å². The number of aliphatic hydroxyl groups is 2. The van der Waals surface area contributed by atoms with E-state index in [9.17, 15) is 5.11 Å². The Morgan fingerprint density at radius 3 is 2.57 bits per heavy atom. The maximum atomic E-state index is 10.3. The summed E-state index contributed by atoms with van der Waals surface area (Å²) in [6.07, 6.45) is 7.17. The lowest BCUT2D eigenvalue weighted by Crippen LogP contribution is -2.62. The Morgan fingerprint density at radius 2 is 1.81 bits per heavy atom. The highest BCUT2D eigenvalue weighted by Gasteiger charge is 2.71. The number of hydrogen-bond donors (Lipinski definition) is 2. The molecule has 3 atom stereocenters. The Balaban J connectivity index is 1.54. The molecule has 0 radical (unpaired) electrons. The Bertz CT molecular complexity index is 418. The molecule has 1 saturated heterocycles. The van der Waals surface area contributed by atoms with E-state index in [2.05, 4.69) is 11.8 Å². The molecule has 1 spiro atoms. The zero-order chi connectivity index (χ0) is 14.8. The van der Waals surface area contributed by atoms with Gasteiger partial charge in [-0.15, -0.1) is 5.92 Å². The van der Waals surface area contributed by atoms with Gasteiger partial charge in [0.05, 0.1) is 24.7 Å². The van der Waals surface area contributed by atoms with E-state index in [0.29, 0.717) is 13.2 Å². The first-order chi connectivity index (χ1) is 10.2. The molecule has 118 valence electrons. The highest BCUT2D eigenvalue weighted by atomic mass is 16.7. The van der Waals surface area contributed by atoms with Gasteiger partial charge in [-0.25, -0.2) is 0 Å². The second-order valence-corrected chi connectivity index (χ2v) is 6.56. The molecule has 4 nitrogen and oxygen atoms in total. The van der Waals surface area contributed by atoms with Crippen LogP contribution in [0.3, 0.4) is 0 Å². The molecule has 3 rings (SSSR count). The SMILES string of the molecule is OCCCCCCC#CC12CC3(OCCO3)C1CC[C@@H]2O. The van der Waals surface area contributed by atoms with E-state index < -0.39 is 5.79 Å². The molecule has 4 heteroatoms. The smallest absolute Gasteiger partial charge is 0.174 e. The molecule has 0 aromatic heterocycles. The van der Waals surface area contributed by atoms with Crippen molar-refractivity contribution >= 4 is 0 Å². The second-order valence-electron chi connectivity index (χ2n) is 6.56. The van der Waals surface area contributed by atoms with Crippen molar-refractivity contribution in [3.05, 3.63) is 0 Å². The summed E-state index contributed by atoms with van der Waals surface area (Å²) in [4.78, 5) is 0. The molecule has 2 saturated carbocycles. The minimum Gasteiger partial charge on any atom is -0.396 e. The van der Waals surface area contributed by atoms with E-state index in [4.69, 9.17) is 14.6 Å². The van der Waals surface area contributed by atoms with Crippen molar-refractivity contribution in [2.45, 2.75) is 63.3 Å². The third-order valence-electron chi connectivity index (χ3n) is 5.32. The first-order valence-corrected chi connectivity index (χ1v) is 8.30. The van der Waals surface area contributed by atoms with Gasteiger partial charge >= 0.3 is 0 Å². The Kier molecular flexibility index (Phi) is 4.56. The van der Waals surface area contributed by atoms with Gasteiger partial charge in [-0.1, -0.05) is 18.8 Å². The Hall–Kier alpha value is -0.600. The van der Waals surface area contributed by atoms with Crippen LogP contribution in [0.25, 0.3) is 0 Å². The summed E-state index contributed by atoms with van der Waals surface area (Å²) >= 11 is 0. The molecule has 21 heavy (non-hydrogen) atoms. The molecule has 2 aliphatic carbocycles. The lowest BCUT2D eigenvalue weighted by Gasteiger charge is -2.55. The van der Waals surface area contributed by atoms with Crippen LogP contribution in [0.1, 0.15) is 51.4 Å². The number of fused-ring (bicyclic) bond motifs is 2. The fraction of sp³-hybridized carbons (Fsp3) is 0.882. The lowest BCUT2D eigenvalue weighted by atomic mass is 9.57. The molecule has 0 bridgehead atoms. The largest absolute Gasteiger partial charge is 0.396 e. The van der Waals surface area contributed by atoms with Gasteiger partial charge in [0.1, 0.15) is 0 Å². The quantitative estimate of drug-likeness (QED) is 0.600. The first kappa shape index (κ1) is 15.3. The van der Waals surface area contributed by atoms with Gasteiger partial charge in [0.2, 0.25) is 0 Å². The predicted molar refractivity (Wildman–Crippen MR) is 78.4 cm³/mol. The summed E-state index contributed by atoms with van der Waals surface area (Å²) in [7, 11) is 0. The summed E-state index contributed by atoms with van der Waals surface area (Å²) in [6, 6.07) is 0. The van der Waals surface area contributed by atoms with Gasteiger partial charge < -0.3 is 19.7 Å². The van der Waals surface area contributed by atoms with Gasteiger partial charge in [0.15, 0.2) is 5.79 Å². The maximum absolute atomic E-state index is 10.3. The molecular formula is C17H26O4. The summed E-state index contributed by atoms with van der Waals surface area (Å²) in [5.74, 6) is 6.46. The highest BCUT2D eigenvalue weighted by molar-refractivity contribution is 5.29. The molecule has 1 heterocycles. The molecule has 3 aliphatic rings. The standard InChI is InChI=1S/C17H26O4/c18-10-6-4-2-1-3-5-9-16-13-17(20-11-12-21-17)14(16)7-8-15(16)19/h14-15,18-19H,1-4,6-8,10-13H2/t14?,15-,16?/m0/s1. The summed E-state index contributed by atoms with van der Waals surface area (Å²) in [5.41, 5.74) is -0.282. The number of ether oxygens (including phenoxy) is 2. The summed E-state index contributed by atoms with van der Waals surface area (Å²) in [6.45, 7) is 1.62. The minimum atomic E-state index is -0.437. The van der Waals surface area contributed by atoms with Crippen LogP contribution in [0, 0.1) is 23.2 Å². The Labute approximate surface area is 126 Å². The second kappa shape index (κ2) is 6.26. The fourth-order valence-corrected chi connectivity index (χ4v) is 4.22. The van der Waals surface area contributed by atoms with Crippen LogP contribution in [0.5, 0.6) is 0 Å². The third kappa shape index (κ3) is 2.61. The van der Waals surface area contributed by atoms with Crippen molar-refractivity contribution in [1.29, 1.82) is 0 Å². The maximum Gasteiger partial charge on any atom is 0.174 e. The van der Waals surface area contributed by atoms with Crippen molar-refractivity contribution in [1.82, 2.24) is 0 Å². The van der Waals surface area contributed by atoms with Crippen LogP contribution >= 0.6 is 0 Å². The van der Waals surface area contributed by atoms with E-state index in [1.54, 1.807) is 0 Å². The predicted octanol–water partition coefficient (Wildman–Crippen LogP) is 1.84. The van der Waals surface area contributed by atoms with Gasteiger partial charge in [-0.2, -0.15) is 0 Å². The van der Waals surface area contributed by atoms with Crippen molar-refractivity contribution in [3.8, 4) is 11.8 Å². The molecule has 1 aliphatic heterocycles. The normalized spacial score (nSPS) is 36.1. The van der Waals surface area contributed by atoms with Crippen molar-refractivity contribution in [2.75, 3.05) is 19.8 Å². The summed E-state index contributed by atoms with van der Waals surface area (Å²) in [5, 5.41) is 19.1. The average molecular weight is 294 g/mol. The number of hydrogen-bond acceptors (Lipinski definition) is 4. The van der Waals surface area contributed by atoms with E-state index in [1.165, 1.54) is 0 Å². The molecule has 2 N–H and O–H groups in total. The number of aliphatic hydroxyl groups excluding tert-OH is 2. The van der Waals surface area contributed by atoms with Crippen LogP contribution in [0.4, 0.5) is 0 Å². The van der Waals surface area contributed by atoms with E-state index >= 15 is 0 Å². The molecule has 3 fully saturated rings. The van der Waals surface area contributed by atoms with Crippen LogP contribution < -0.4 is 0 Å². The van der Waals surface area contributed by atoms with Gasteiger partial charge in [-0.3, -0.25) is 0 Å². The monoisotopic (exact) mass is 294 g/mol. The topological polar surface area (TPSA) is 58.9 Å².